The Bertz CT molecular complexity index is 467. The Morgan fingerprint density at radius 3 is 2.81 bits per heavy atom. The number of amides is 1. The average molecular weight is 291 g/mol. The zero-order chi connectivity index (χ0) is 15.2. The minimum Gasteiger partial charge on any atom is -0.491 e. The van der Waals surface area contributed by atoms with E-state index in [1.165, 1.54) is 0 Å². The molecule has 1 aromatic rings. The van der Waals surface area contributed by atoms with E-state index in [0.717, 1.165) is 30.6 Å². The molecule has 1 fully saturated rings. The lowest BCUT2D eigenvalue weighted by Gasteiger charge is -2.23. The summed E-state index contributed by atoms with van der Waals surface area (Å²) in [5, 5.41) is 3.09. The first-order valence-corrected chi connectivity index (χ1v) is 7.79. The predicted octanol–water partition coefficient (Wildman–Crippen LogP) is 3.22. The van der Waals surface area contributed by atoms with Crippen LogP contribution in [0.2, 0.25) is 0 Å². The second-order valence-corrected chi connectivity index (χ2v) is 5.68. The van der Waals surface area contributed by atoms with Gasteiger partial charge < -0.3 is 14.8 Å². The SMILES string of the molecule is CCC(NC(=O)C1CCCO1)c1ccccc1OC(C)C. The maximum Gasteiger partial charge on any atom is 0.249 e. The topological polar surface area (TPSA) is 47.6 Å². The van der Waals surface area contributed by atoms with Gasteiger partial charge in [-0.05, 0) is 39.2 Å². The molecule has 1 aromatic carbocycles. The molecule has 21 heavy (non-hydrogen) atoms. The van der Waals surface area contributed by atoms with Crippen molar-refractivity contribution < 1.29 is 14.3 Å². The van der Waals surface area contributed by atoms with Crippen molar-refractivity contribution in [1.29, 1.82) is 0 Å². The fourth-order valence-corrected chi connectivity index (χ4v) is 2.58. The molecule has 0 spiro atoms. The largest absolute Gasteiger partial charge is 0.491 e. The monoisotopic (exact) mass is 291 g/mol. The molecular weight excluding hydrogens is 266 g/mol. The molecule has 1 amide bonds. The number of hydrogen-bond acceptors (Lipinski definition) is 3. The summed E-state index contributed by atoms with van der Waals surface area (Å²) >= 11 is 0. The maximum absolute atomic E-state index is 12.2. The molecule has 1 aliphatic rings. The van der Waals surface area contributed by atoms with Crippen LogP contribution in [0.3, 0.4) is 0 Å². The Morgan fingerprint density at radius 2 is 2.19 bits per heavy atom. The van der Waals surface area contributed by atoms with Gasteiger partial charge in [-0.3, -0.25) is 4.79 Å². The molecule has 116 valence electrons. The number of carbonyl (C=O) groups is 1. The number of para-hydroxylation sites is 1. The fourth-order valence-electron chi connectivity index (χ4n) is 2.58. The van der Waals surface area contributed by atoms with Crippen LogP contribution in [-0.2, 0) is 9.53 Å². The van der Waals surface area contributed by atoms with E-state index in [9.17, 15) is 4.79 Å². The lowest BCUT2D eigenvalue weighted by molar-refractivity contribution is -0.130. The molecule has 1 aliphatic heterocycles. The van der Waals surface area contributed by atoms with E-state index >= 15 is 0 Å². The fraction of sp³-hybridized carbons (Fsp3) is 0.588. The van der Waals surface area contributed by atoms with E-state index < -0.39 is 0 Å². The molecule has 2 atom stereocenters. The van der Waals surface area contributed by atoms with Crippen LogP contribution in [0.4, 0.5) is 0 Å². The third-order valence-corrected chi connectivity index (χ3v) is 3.60. The van der Waals surface area contributed by atoms with E-state index in [-0.39, 0.29) is 24.2 Å². The second kappa shape index (κ2) is 7.46. The van der Waals surface area contributed by atoms with Gasteiger partial charge >= 0.3 is 0 Å². The van der Waals surface area contributed by atoms with Crippen molar-refractivity contribution in [3.63, 3.8) is 0 Å². The van der Waals surface area contributed by atoms with Gasteiger partial charge in [0.05, 0.1) is 12.1 Å². The molecule has 0 bridgehead atoms. The van der Waals surface area contributed by atoms with Crippen molar-refractivity contribution in [1.82, 2.24) is 5.32 Å². The van der Waals surface area contributed by atoms with Crippen LogP contribution in [0, 0.1) is 0 Å². The van der Waals surface area contributed by atoms with E-state index in [4.69, 9.17) is 9.47 Å². The van der Waals surface area contributed by atoms with Crippen molar-refractivity contribution >= 4 is 5.91 Å². The molecule has 4 nitrogen and oxygen atoms in total. The Morgan fingerprint density at radius 1 is 1.43 bits per heavy atom. The van der Waals surface area contributed by atoms with E-state index in [1.54, 1.807) is 0 Å². The van der Waals surface area contributed by atoms with Gasteiger partial charge in [0.25, 0.3) is 0 Å². The maximum atomic E-state index is 12.2. The van der Waals surface area contributed by atoms with Crippen molar-refractivity contribution in [3.8, 4) is 5.75 Å². The highest BCUT2D eigenvalue weighted by atomic mass is 16.5. The molecule has 0 saturated carbocycles. The standard InChI is InChI=1S/C17H25NO3/c1-4-14(18-17(19)16-10-7-11-20-16)13-8-5-6-9-15(13)21-12(2)3/h5-6,8-9,12,14,16H,4,7,10-11H2,1-3H3,(H,18,19). The van der Waals surface area contributed by atoms with Crippen LogP contribution in [0.5, 0.6) is 5.75 Å². The Kier molecular flexibility index (Phi) is 5.62. The number of carbonyl (C=O) groups excluding carboxylic acids is 1. The van der Waals surface area contributed by atoms with Gasteiger partial charge in [0.15, 0.2) is 0 Å². The second-order valence-electron chi connectivity index (χ2n) is 5.68. The van der Waals surface area contributed by atoms with E-state index in [1.807, 2.05) is 38.1 Å². The molecule has 0 aromatic heterocycles. The van der Waals surface area contributed by atoms with E-state index in [2.05, 4.69) is 12.2 Å². The number of nitrogens with one attached hydrogen (secondary N) is 1. The van der Waals surface area contributed by atoms with Gasteiger partial charge in [-0.2, -0.15) is 0 Å². The van der Waals surface area contributed by atoms with Crippen molar-refractivity contribution in [2.45, 2.75) is 58.3 Å². The van der Waals surface area contributed by atoms with Crippen molar-refractivity contribution in [2.24, 2.45) is 0 Å². The summed E-state index contributed by atoms with van der Waals surface area (Å²) in [4.78, 5) is 12.2. The average Bonchev–Trinajstić information content (AvgIpc) is 2.99. The lowest BCUT2D eigenvalue weighted by Crippen LogP contribution is -2.36. The minimum absolute atomic E-state index is 0.0151. The summed E-state index contributed by atoms with van der Waals surface area (Å²) < 4.78 is 11.3. The number of hydrogen-bond donors (Lipinski definition) is 1. The Hall–Kier alpha value is -1.55. The molecule has 1 N–H and O–H groups in total. The van der Waals surface area contributed by atoms with Crippen LogP contribution >= 0.6 is 0 Å². The number of rotatable bonds is 6. The molecular formula is C17H25NO3. The molecule has 4 heteroatoms. The van der Waals surface area contributed by atoms with Crippen LogP contribution in [0.15, 0.2) is 24.3 Å². The molecule has 0 radical (unpaired) electrons. The Labute approximate surface area is 126 Å². The quantitative estimate of drug-likeness (QED) is 0.875. The summed E-state index contributed by atoms with van der Waals surface area (Å²) in [5.41, 5.74) is 1.03. The van der Waals surface area contributed by atoms with Gasteiger partial charge in [-0.25, -0.2) is 0 Å². The van der Waals surface area contributed by atoms with Crippen LogP contribution in [-0.4, -0.2) is 24.7 Å². The summed E-state index contributed by atoms with van der Waals surface area (Å²) in [6.45, 7) is 6.75. The molecule has 0 aliphatic carbocycles. The first-order chi connectivity index (χ1) is 10.1. The summed E-state index contributed by atoms with van der Waals surface area (Å²) in [6.07, 6.45) is 2.40. The zero-order valence-electron chi connectivity index (χ0n) is 13.1. The van der Waals surface area contributed by atoms with Gasteiger partial charge in [0.1, 0.15) is 11.9 Å². The van der Waals surface area contributed by atoms with Gasteiger partial charge in [-0.15, -0.1) is 0 Å². The normalized spacial score (nSPS) is 19.5. The predicted molar refractivity (Wildman–Crippen MR) is 82.4 cm³/mol. The summed E-state index contributed by atoms with van der Waals surface area (Å²) in [5.74, 6) is 0.825. The summed E-state index contributed by atoms with van der Waals surface area (Å²) in [7, 11) is 0. The first kappa shape index (κ1) is 15.8. The number of benzene rings is 1. The highest BCUT2D eigenvalue weighted by Crippen LogP contribution is 2.28. The van der Waals surface area contributed by atoms with E-state index in [0.29, 0.717) is 6.61 Å². The number of ether oxygens (including phenoxy) is 2. The van der Waals surface area contributed by atoms with Gasteiger partial charge in [-0.1, -0.05) is 25.1 Å². The molecule has 2 unspecified atom stereocenters. The molecule has 1 heterocycles. The molecule has 2 rings (SSSR count). The first-order valence-electron chi connectivity index (χ1n) is 7.79. The highest BCUT2D eigenvalue weighted by molar-refractivity contribution is 5.81. The van der Waals surface area contributed by atoms with Gasteiger partial charge in [0.2, 0.25) is 5.91 Å². The van der Waals surface area contributed by atoms with Crippen LogP contribution in [0.25, 0.3) is 0 Å². The van der Waals surface area contributed by atoms with Crippen molar-refractivity contribution in [2.75, 3.05) is 6.61 Å². The zero-order valence-corrected chi connectivity index (χ0v) is 13.1. The highest BCUT2D eigenvalue weighted by Gasteiger charge is 2.26. The third kappa shape index (κ3) is 4.21. The van der Waals surface area contributed by atoms with Crippen LogP contribution in [0.1, 0.15) is 51.6 Å². The lowest BCUT2D eigenvalue weighted by atomic mass is 10.0. The van der Waals surface area contributed by atoms with Gasteiger partial charge in [0, 0.05) is 12.2 Å². The smallest absolute Gasteiger partial charge is 0.249 e. The van der Waals surface area contributed by atoms with Crippen LogP contribution < -0.4 is 10.1 Å². The third-order valence-electron chi connectivity index (χ3n) is 3.60. The molecule has 1 saturated heterocycles. The summed E-state index contributed by atoms with van der Waals surface area (Å²) in [6, 6.07) is 7.86. The van der Waals surface area contributed by atoms with Crippen molar-refractivity contribution in [3.05, 3.63) is 29.8 Å². The Balaban J connectivity index is 2.11. The minimum atomic E-state index is -0.294.